The van der Waals surface area contributed by atoms with E-state index in [1.807, 2.05) is 4.90 Å². The van der Waals surface area contributed by atoms with Crippen molar-refractivity contribution in [2.75, 3.05) is 39.6 Å². The normalized spacial score (nSPS) is 25.2. The first-order chi connectivity index (χ1) is 8.36. The third-order valence-electron chi connectivity index (χ3n) is 3.32. The molecule has 0 bridgehead atoms. The zero-order chi connectivity index (χ0) is 11.9. The number of amides is 1. The molecule has 2 rings (SSSR count). The van der Waals surface area contributed by atoms with Crippen molar-refractivity contribution in [3.8, 4) is 0 Å². The van der Waals surface area contributed by atoms with Crippen molar-refractivity contribution >= 4 is 5.91 Å². The van der Waals surface area contributed by atoms with E-state index in [0.717, 1.165) is 52.0 Å². The van der Waals surface area contributed by atoms with E-state index in [1.165, 1.54) is 0 Å². The van der Waals surface area contributed by atoms with Gasteiger partial charge in [0.15, 0.2) is 0 Å². The third-order valence-corrected chi connectivity index (χ3v) is 3.32. The molecule has 0 aromatic carbocycles. The average Bonchev–Trinajstić information content (AvgIpc) is 2.89. The van der Waals surface area contributed by atoms with Gasteiger partial charge in [0.25, 0.3) is 0 Å². The fourth-order valence-electron chi connectivity index (χ4n) is 2.25. The molecule has 1 unspecified atom stereocenters. The molecule has 2 aliphatic heterocycles. The van der Waals surface area contributed by atoms with Crippen molar-refractivity contribution in [2.45, 2.75) is 31.8 Å². The number of nitrogens with zero attached hydrogens (tertiary/aromatic N) is 1. The van der Waals surface area contributed by atoms with Crippen molar-refractivity contribution in [3.63, 3.8) is 0 Å². The first kappa shape index (κ1) is 12.8. The van der Waals surface area contributed by atoms with Crippen LogP contribution in [-0.4, -0.2) is 56.5 Å². The summed E-state index contributed by atoms with van der Waals surface area (Å²) in [6.45, 7) is 4.63. The van der Waals surface area contributed by atoms with E-state index < -0.39 is 0 Å². The molecule has 0 spiro atoms. The summed E-state index contributed by atoms with van der Waals surface area (Å²) in [6.07, 6.45) is 4.10. The van der Waals surface area contributed by atoms with Crippen molar-refractivity contribution < 1.29 is 14.3 Å². The molecule has 0 saturated carbocycles. The Kier molecular flexibility index (Phi) is 5.22. The van der Waals surface area contributed by atoms with Crippen LogP contribution in [0.25, 0.3) is 0 Å². The molecule has 98 valence electrons. The van der Waals surface area contributed by atoms with E-state index in [9.17, 15) is 4.79 Å². The highest BCUT2D eigenvalue weighted by molar-refractivity contribution is 5.76. The highest BCUT2D eigenvalue weighted by atomic mass is 16.7. The van der Waals surface area contributed by atoms with Gasteiger partial charge in [-0.2, -0.15) is 0 Å². The Labute approximate surface area is 102 Å². The van der Waals surface area contributed by atoms with Gasteiger partial charge in [0.05, 0.1) is 12.7 Å². The Morgan fingerprint density at radius 1 is 1.35 bits per heavy atom. The minimum absolute atomic E-state index is 0.241. The molecule has 2 heterocycles. The third kappa shape index (κ3) is 4.26. The minimum atomic E-state index is 0.241. The van der Waals surface area contributed by atoms with Crippen LogP contribution in [0.1, 0.15) is 25.7 Å². The monoisotopic (exact) mass is 242 g/mol. The first-order valence-electron chi connectivity index (χ1n) is 6.54. The number of hydrogen-bond donors (Lipinski definition) is 1. The van der Waals surface area contributed by atoms with Crippen LogP contribution in [0.15, 0.2) is 0 Å². The highest BCUT2D eigenvalue weighted by Gasteiger charge is 2.17. The van der Waals surface area contributed by atoms with Gasteiger partial charge < -0.3 is 19.7 Å². The van der Waals surface area contributed by atoms with Crippen LogP contribution in [0.3, 0.4) is 0 Å². The smallest absolute Gasteiger partial charge is 0.223 e. The molecule has 5 heteroatoms. The van der Waals surface area contributed by atoms with Crippen LogP contribution >= 0.6 is 0 Å². The number of hydrogen-bond acceptors (Lipinski definition) is 4. The van der Waals surface area contributed by atoms with E-state index >= 15 is 0 Å². The van der Waals surface area contributed by atoms with Crippen molar-refractivity contribution in [1.29, 1.82) is 0 Å². The second kappa shape index (κ2) is 6.93. The quantitative estimate of drug-likeness (QED) is 0.707. The summed E-state index contributed by atoms with van der Waals surface area (Å²) in [5.74, 6) is 0.280. The lowest BCUT2D eigenvalue weighted by Crippen LogP contribution is -2.36. The van der Waals surface area contributed by atoms with Crippen molar-refractivity contribution in [3.05, 3.63) is 0 Å². The second-order valence-corrected chi connectivity index (χ2v) is 4.65. The molecule has 1 N–H and O–H groups in total. The molecule has 17 heavy (non-hydrogen) atoms. The predicted octanol–water partition coefficient (Wildman–Crippen LogP) is 0.352. The lowest BCUT2D eigenvalue weighted by Gasteiger charge is -2.23. The number of ether oxygens (including phenoxy) is 2. The summed E-state index contributed by atoms with van der Waals surface area (Å²) in [7, 11) is 0. The van der Waals surface area contributed by atoms with Gasteiger partial charge in [0.1, 0.15) is 6.79 Å². The maximum Gasteiger partial charge on any atom is 0.223 e. The number of nitrogens with one attached hydrogen (secondary N) is 1. The molecule has 0 radical (unpaired) electrons. The van der Waals surface area contributed by atoms with E-state index in [2.05, 4.69) is 5.32 Å². The number of rotatable bonds is 5. The summed E-state index contributed by atoms with van der Waals surface area (Å²) in [6, 6.07) is 0. The topological polar surface area (TPSA) is 50.8 Å². The standard InChI is InChI=1S/C12H22N2O3/c15-12(14-6-1-2-7-14)3-5-13-9-11-4-8-16-10-17-11/h11,13H,1-10H2. The highest BCUT2D eigenvalue weighted by Crippen LogP contribution is 2.08. The molecule has 5 nitrogen and oxygen atoms in total. The molecule has 2 saturated heterocycles. The summed E-state index contributed by atoms with van der Waals surface area (Å²) in [5.41, 5.74) is 0. The van der Waals surface area contributed by atoms with Gasteiger partial charge >= 0.3 is 0 Å². The van der Waals surface area contributed by atoms with E-state index in [1.54, 1.807) is 0 Å². The average molecular weight is 242 g/mol. The molecular formula is C12H22N2O3. The van der Waals surface area contributed by atoms with E-state index in [-0.39, 0.29) is 12.0 Å². The molecule has 2 aliphatic rings. The zero-order valence-electron chi connectivity index (χ0n) is 10.3. The van der Waals surface area contributed by atoms with Gasteiger partial charge in [-0.15, -0.1) is 0 Å². The molecule has 0 aliphatic carbocycles. The molecular weight excluding hydrogens is 220 g/mol. The Balaban J connectivity index is 1.51. The number of carbonyl (C=O) groups is 1. The van der Waals surface area contributed by atoms with Gasteiger partial charge in [0, 0.05) is 32.6 Å². The largest absolute Gasteiger partial charge is 0.355 e. The Morgan fingerprint density at radius 2 is 2.18 bits per heavy atom. The lowest BCUT2D eigenvalue weighted by atomic mass is 10.2. The summed E-state index contributed by atoms with van der Waals surface area (Å²) < 4.78 is 10.5. The lowest BCUT2D eigenvalue weighted by molar-refractivity contribution is -0.137. The number of carbonyl (C=O) groups excluding carboxylic acids is 1. The summed E-state index contributed by atoms with van der Waals surface area (Å²) in [5, 5.41) is 3.28. The van der Waals surface area contributed by atoms with Crippen LogP contribution in [0.2, 0.25) is 0 Å². The van der Waals surface area contributed by atoms with Gasteiger partial charge in [-0.05, 0) is 19.3 Å². The summed E-state index contributed by atoms with van der Waals surface area (Å²) >= 11 is 0. The minimum Gasteiger partial charge on any atom is -0.355 e. The van der Waals surface area contributed by atoms with Crippen LogP contribution in [0.5, 0.6) is 0 Å². The maximum atomic E-state index is 11.7. The molecule has 0 aromatic heterocycles. The SMILES string of the molecule is O=C(CCNCC1CCOCO1)N1CCCC1. The Bertz CT molecular complexity index is 236. The van der Waals surface area contributed by atoms with E-state index in [4.69, 9.17) is 9.47 Å². The fraction of sp³-hybridized carbons (Fsp3) is 0.917. The van der Waals surface area contributed by atoms with Crippen LogP contribution in [-0.2, 0) is 14.3 Å². The predicted molar refractivity (Wildman–Crippen MR) is 63.6 cm³/mol. The van der Waals surface area contributed by atoms with Crippen molar-refractivity contribution in [2.24, 2.45) is 0 Å². The molecule has 1 amide bonds. The van der Waals surface area contributed by atoms with Crippen molar-refractivity contribution in [1.82, 2.24) is 10.2 Å². The van der Waals surface area contributed by atoms with Gasteiger partial charge in [-0.1, -0.05) is 0 Å². The second-order valence-electron chi connectivity index (χ2n) is 4.65. The maximum absolute atomic E-state index is 11.7. The van der Waals surface area contributed by atoms with Gasteiger partial charge in [0.2, 0.25) is 5.91 Å². The van der Waals surface area contributed by atoms with E-state index in [0.29, 0.717) is 13.2 Å². The molecule has 2 fully saturated rings. The van der Waals surface area contributed by atoms with Crippen LogP contribution in [0.4, 0.5) is 0 Å². The van der Waals surface area contributed by atoms with Gasteiger partial charge in [-0.25, -0.2) is 0 Å². The number of likely N-dealkylation sites (tertiary alicyclic amines) is 1. The summed E-state index contributed by atoms with van der Waals surface area (Å²) in [4.78, 5) is 13.7. The molecule has 1 atom stereocenters. The fourth-order valence-corrected chi connectivity index (χ4v) is 2.25. The van der Waals surface area contributed by atoms with Gasteiger partial charge in [-0.3, -0.25) is 4.79 Å². The Hall–Kier alpha value is -0.650. The van der Waals surface area contributed by atoms with Crippen LogP contribution < -0.4 is 5.32 Å². The Morgan fingerprint density at radius 3 is 2.88 bits per heavy atom. The first-order valence-corrected chi connectivity index (χ1v) is 6.54. The van der Waals surface area contributed by atoms with Crippen LogP contribution in [0, 0.1) is 0 Å². The molecule has 0 aromatic rings. The zero-order valence-corrected chi connectivity index (χ0v) is 10.3.